The van der Waals surface area contributed by atoms with Crippen LogP contribution in [0.2, 0.25) is 0 Å². The fourth-order valence-corrected chi connectivity index (χ4v) is 3.22. The molecule has 0 atom stereocenters. The third-order valence-electron chi connectivity index (χ3n) is 1.52. The summed E-state index contributed by atoms with van der Waals surface area (Å²) in [6.07, 6.45) is 0. The van der Waals surface area contributed by atoms with E-state index in [0.29, 0.717) is 0 Å². The van der Waals surface area contributed by atoms with Gasteiger partial charge >= 0.3 is 0 Å². The number of hydrogen-bond donors (Lipinski definition) is 1. The van der Waals surface area contributed by atoms with Gasteiger partial charge in [0.2, 0.25) is 5.16 Å². The predicted molar refractivity (Wildman–Crippen MR) is 59.8 cm³/mol. The molecule has 0 aliphatic rings. The summed E-state index contributed by atoms with van der Waals surface area (Å²) in [4.78, 5) is 4.21. The fourth-order valence-electron chi connectivity index (χ4n) is 0.852. The highest BCUT2D eigenvalue weighted by molar-refractivity contribution is 9.10. The quantitative estimate of drug-likeness (QED) is 0.924. The van der Waals surface area contributed by atoms with Crippen molar-refractivity contribution in [2.45, 2.75) is 23.2 Å². The predicted octanol–water partition coefficient (Wildman–Crippen LogP) is 2.79. The molecule has 1 N–H and O–H groups in total. The average Bonchev–Trinajstić information content (AvgIpc) is 2.67. The number of aryl methyl sites for hydroxylation is 2. The number of nitrogens with zero attached hydrogens (tertiary/aromatic N) is 3. The third kappa shape index (κ3) is 1.99. The molecule has 2 heterocycles. The Hall–Kier alpha value is -0.400. The molecule has 0 unspecified atom stereocenters. The zero-order valence-electron chi connectivity index (χ0n) is 7.54. The number of aromatic nitrogens is 4. The third-order valence-corrected chi connectivity index (χ3v) is 4.98. The van der Waals surface area contributed by atoms with Gasteiger partial charge in [0.1, 0.15) is 10.0 Å². The van der Waals surface area contributed by atoms with Crippen LogP contribution in [0.15, 0.2) is 13.8 Å². The lowest BCUT2D eigenvalue weighted by molar-refractivity contribution is 0.970. The summed E-state index contributed by atoms with van der Waals surface area (Å²) >= 11 is 6.44. The standard InChI is InChI=1S/C7H7BrN4S2/c1-3-5(8)6(14-12-3)13-7-9-4(2)10-11-7/h1-2H3,(H,9,10,11). The van der Waals surface area contributed by atoms with Gasteiger partial charge in [-0.05, 0) is 53.1 Å². The zero-order chi connectivity index (χ0) is 10.1. The van der Waals surface area contributed by atoms with Gasteiger partial charge in [-0.25, -0.2) is 4.98 Å². The van der Waals surface area contributed by atoms with E-state index < -0.39 is 0 Å². The molecule has 0 amide bonds. The number of halogens is 1. The van der Waals surface area contributed by atoms with Crippen LogP contribution >= 0.6 is 39.2 Å². The number of hydrogen-bond acceptors (Lipinski definition) is 5. The molecule has 74 valence electrons. The van der Waals surface area contributed by atoms with Gasteiger partial charge in [0, 0.05) is 0 Å². The molecule has 0 fully saturated rings. The molecule has 0 aliphatic heterocycles. The van der Waals surface area contributed by atoms with E-state index in [0.717, 1.165) is 25.4 Å². The SMILES string of the molecule is Cc1nc(Sc2snc(C)c2Br)n[nH]1. The molecule has 2 aromatic heterocycles. The Morgan fingerprint density at radius 1 is 1.43 bits per heavy atom. The van der Waals surface area contributed by atoms with Gasteiger partial charge in [-0.15, -0.1) is 5.10 Å². The van der Waals surface area contributed by atoms with E-state index >= 15 is 0 Å². The molecule has 14 heavy (non-hydrogen) atoms. The van der Waals surface area contributed by atoms with Crippen molar-refractivity contribution in [1.82, 2.24) is 19.6 Å². The minimum absolute atomic E-state index is 0.729. The number of nitrogens with one attached hydrogen (secondary N) is 1. The second kappa shape index (κ2) is 4.00. The maximum atomic E-state index is 4.23. The summed E-state index contributed by atoms with van der Waals surface area (Å²) in [6.45, 7) is 3.85. The molecule has 2 aromatic rings. The van der Waals surface area contributed by atoms with E-state index in [2.05, 4.69) is 35.5 Å². The van der Waals surface area contributed by atoms with Crippen molar-refractivity contribution in [1.29, 1.82) is 0 Å². The molecular formula is C7H7BrN4S2. The van der Waals surface area contributed by atoms with E-state index in [-0.39, 0.29) is 0 Å². The minimum atomic E-state index is 0.729. The molecule has 0 aliphatic carbocycles. The van der Waals surface area contributed by atoms with Crippen LogP contribution in [0.1, 0.15) is 11.5 Å². The van der Waals surface area contributed by atoms with E-state index in [1.807, 2.05) is 13.8 Å². The first-order chi connectivity index (χ1) is 6.66. The van der Waals surface area contributed by atoms with Gasteiger partial charge in [-0.3, -0.25) is 5.10 Å². The van der Waals surface area contributed by atoms with Crippen LogP contribution < -0.4 is 0 Å². The van der Waals surface area contributed by atoms with Crippen LogP contribution in [-0.4, -0.2) is 19.6 Å². The summed E-state index contributed by atoms with van der Waals surface area (Å²) in [7, 11) is 0. The normalized spacial score (nSPS) is 10.8. The Labute approximate surface area is 97.8 Å². The maximum Gasteiger partial charge on any atom is 0.214 e. The van der Waals surface area contributed by atoms with E-state index in [1.165, 1.54) is 23.3 Å². The van der Waals surface area contributed by atoms with Crippen LogP contribution in [0.3, 0.4) is 0 Å². The first-order valence-electron chi connectivity index (χ1n) is 3.85. The Balaban J connectivity index is 2.22. The van der Waals surface area contributed by atoms with Crippen molar-refractivity contribution in [2.75, 3.05) is 0 Å². The second-order valence-corrected chi connectivity index (χ2v) is 5.48. The lowest BCUT2D eigenvalue weighted by Crippen LogP contribution is -1.74. The Bertz CT molecular complexity index is 450. The van der Waals surface area contributed by atoms with Crippen LogP contribution in [0, 0.1) is 13.8 Å². The van der Waals surface area contributed by atoms with E-state index in [9.17, 15) is 0 Å². The molecule has 0 saturated heterocycles. The summed E-state index contributed by atoms with van der Waals surface area (Å²) < 4.78 is 6.35. The Morgan fingerprint density at radius 3 is 2.71 bits per heavy atom. The largest absolute Gasteiger partial charge is 0.262 e. The van der Waals surface area contributed by atoms with Crippen molar-refractivity contribution in [3.8, 4) is 0 Å². The van der Waals surface area contributed by atoms with Gasteiger partial charge in [-0.2, -0.15) is 4.37 Å². The molecule has 0 radical (unpaired) electrons. The van der Waals surface area contributed by atoms with Crippen molar-refractivity contribution < 1.29 is 0 Å². The van der Waals surface area contributed by atoms with Crippen LogP contribution in [0.25, 0.3) is 0 Å². The highest BCUT2D eigenvalue weighted by Crippen LogP contribution is 2.36. The smallest absolute Gasteiger partial charge is 0.214 e. The highest BCUT2D eigenvalue weighted by atomic mass is 79.9. The van der Waals surface area contributed by atoms with Gasteiger partial charge in [0.25, 0.3) is 0 Å². The number of H-pyrrole nitrogens is 1. The molecular weight excluding hydrogens is 284 g/mol. The Kier molecular flexibility index (Phi) is 2.89. The van der Waals surface area contributed by atoms with Crippen molar-refractivity contribution in [3.63, 3.8) is 0 Å². The van der Waals surface area contributed by atoms with Gasteiger partial charge in [0.15, 0.2) is 0 Å². The number of rotatable bonds is 2. The molecule has 0 spiro atoms. The summed E-state index contributed by atoms with van der Waals surface area (Å²) in [5.74, 6) is 0.824. The molecule has 0 aromatic carbocycles. The lowest BCUT2D eigenvalue weighted by atomic mass is 10.5. The van der Waals surface area contributed by atoms with Crippen LogP contribution in [0.4, 0.5) is 0 Å². The fraction of sp³-hybridized carbons (Fsp3) is 0.286. The summed E-state index contributed by atoms with van der Waals surface area (Å²) in [5, 5.41) is 7.58. The molecule has 4 nitrogen and oxygen atoms in total. The second-order valence-electron chi connectivity index (χ2n) is 2.67. The van der Waals surface area contributed by atoms with Crippen LogP contribution in [-0.2, 0) is 0 Å². The van der Waals surface area contributed by atoms with E-state index in [4.69, 9.17) is 0 Å². The Morgan fingerprint density at radius 2 is 2.21 bits per heavy atom. The highest BCUT2D eigenvalue weighted by Gasteiger charge is 2.11. The van der Waals surface area contributed by atoms with Gasteiger partial charge in [-0.1, -0.05) is 0 Å². The minimum Gasteiger partial charge on any atom is -0.262 e. The van der Waals surface area contributed by atoms with Crippen molar-refractivity contribution in [3.05, 3.63) is 16.0 Å². The molecule has 2 rings (SSSR count). The summed E-state index contributed by atoms with van der Waals surface area (Å²) in [6, 6.07) is 0. The monoisotopic (exact) mass is 290 g/mol. The molecule has 7 heteroatoms. The topological polar surface area (TPSA) is 54.5 Å². The number of aromatic amines is 1. The molecule has 0 saturated carbocycles. The zero-order valence-corrected chi connectivity index (χ0v) is 10.8. The lowest BCUT2D eigenvalue weighted by Gasteiger charge is -1.90. The van der Waals surface area contributed by atoms with Gasteiger partial charge in [0.05, 0.1) is 10.2 Å². The van der Waals surface area contributed by atoms with E-state index in [1.54, 1.807) is 0 Å². The van der Waals surface area contributed by atoms with Gasteiger partial charge < -0.3 is 0 Å². The average molecular weight is 291 g/mol. The summed E-state index contributed by atoms with van der Waals surface area (Å²) in [5.41, 5.74) is 1.00. The van der Waals surface area contributed by atoms with Crippen molar-refractivity contribution in [2.24, 2.45) is 0 Å². The van der Waals surface area contributed by atoms with Crippen LogP contribution in [0.5, 0.6) is 0 Å². The van der Waals surface area contributed by atoms with Crippen molar-refractivity contribution >= 4 is 39.2 Å². The first-order valence-corrected chi connectivity index (χ1v) is 6.23. The first kappa shape index (κ1) is 10.1. The maximum absolute atomic E-state index is 4.23. The molecule has 0 bridgehead atoms.